The molecule has 0 aromatic carbocycles. The first-order valence-electron chi connectivity index (χ1n) is 3.45. The van der Waals surface area contributed by atoms with E-state index >= 15 is 0 Å². The van der Waals surface area contributed by atoms with Crippen LogP contribution in [0.3, 0.4) is 0 Å². The van der Waals surface area contributed by atoms with E-state index in [-0.39, 0.29) is 18.1 Å². The summed E-state index contributed by atoms with van der Waals surface area (Å²) < 4.78 is 0. The first-order chi connectivity index (χ1) is 4.16. The van der Waals surface area contributed by atoms with Crippen molar-refractivity contribution in [3.63, 3.8) is 0 Å². The third-order valence-electron chi connectivity index (χ3n) is 2.19. The van der Waals surface area contributed by atoms with Crippen LogP contribution in [-0.2, 0) is 0 Å². The van der Waals surface area contributed by atoms with Crippen LogP contribution >= 0.6 is 0 Å². The van der Waals surface area contributed by atoms with Gasteiger partial charge in [-0.3, -0.25) is 0 Å². The lowest BCUT2D eigenvalue weighted by Gasteiger charge is -2.18. The smallest absolute Gasteiger partial charge is 0.0546 e. The van der Waals surface area contributed by atoms with Crippen molar-refractivity contribution in [2.75, 3.05) is 6.61 Å². The van der Waals surface area contributed by atoms with Gasteiger partial charge in [-0.25, -0.2) is 0 Å². The molecule has 0 amide bonds. The van der Waals surface area contributed by atoms with Crippen LogP contribution in [0.4, 0.5) is 0 Å². The fraction of sp³-hybridized carbons (Fsp3) is 1.00. The molecule has 0 aromatic rings. The van der Waals surface area contributed by atoms with E-state index in [1.54, 1.807) is 0 Å². The van der Waals surface area contributed by atoms with Gasteiger partial charge >= 0.3 is 0 Å². The Morgan fingerprint density at radius 1 is 1.67 bits per heavy atom. The molecule has 0 aromatic heterocycles. The molecule has 1 fully saturated rings. The average molecular weight is 130 g/mol. The highest BCUT2D eigenvalue weighted by atomic mass is 16.3. The first kappa shape index (κ1) is 7.03. The van der Waals surface area contributed by atoms with Crippen LogP contribution in [0.5, 0.6) is 0 Å². The van der Waals surface area contributed by atoms with Gasteiger partial charge in [0, 0.05) is 6.61 Å². The monoisotopic (exact) mass is 130 g/mol. The Bertz CT molecular complexity index is 103. The molecule has 9 heavy (non-hydrogen) atoms. The van der Waals surface area contributed by atoms with Crippen molar-refractivity contribution in [3.05, 3.63) is 0 Å². The quantitative estimate of drug-likeness (QED) is 0.543. The molecule has 2 N–H and O–H groups in total. The van der Waals surface area contributed by atoms with Gasteiger partial charge in [0.05, 0.1) is 6.10 Å². The summed E-state index contributed by atoms with van der Waals surface area (Å²) in [5.41, 5.74) is 0.0133. The topological polar surface area (TPSA) is 40.5 Å². The molecule has 0 spiro atoms. The highest BCUT2D eigenvalue weighted by molar-refractivity contribution is 4.84. The fourth-order valence-corrected chi connectivity index (χ4v) is 1.43. The van der Waals surface area contributed by atoms with Crippen molar-refractivity contribution in [1.82, 2.24) is 0 Å². The maximum atomic E-state index is 9.08. The minimum Gasteiger partial charge on any atom is -0.396 e. The number of aliphatic hydroxyl groups is 2. The zero-order valence-electron chi connectivity index (χ0n) is 5.80. The predicted octanol–water partition coefficient (Wildman–Crippen LogP) is 0.530. The molecule has 0 bridgehead atoms. The molecule has 0 aliphatic heterocycles. The number of hydrogen-bond acceptors (Lipinski definition) is 2. The van der Waals surface area contributed by atoms with Crippen LogP contribution in [0.2, 0.25) is 0 Å². The first-order valence-corrected chi connectivity index (χ1v) is 3.45. The zero-order valence-corrected chi connectivity index (χ0v) is 5.80. The summed E-state index contributed by atoms with van der Waals surface area (Å²) in [6.45, 7) is 2.23. The fourth-order valence-electron chi connectivity index (χ4n) is 1.43. The van der Waals surface area contributed by atoms with Gasteiger partial charge in [-0.2, -0.15) is 0 Å². The lowest BCUT2D eigenvalue weighted by atomic mass is 9.90. The predicted molar refractivity (Wildman–Crippen MR) is 35.1 cm³/mol. The molecular weight excluding hydrogens is 116 g/mol. The van der Waals surface area contributed by atoms with Crippen molar-refractivity contribution in [3.8, 4) is 0 Å². The largest absolute Gasteiger partial charge is 0.396 e. The minimum atomic E-state index is -0.165. The molecule has 2 nitrogen and oxygen atoms in total. The average Bonchev–Trinajstić information content (AvgIpc) is 2.13. The zero-order chi connectivity index (χ0) is 6.91. The van der Waals surface area contributed by atoms with Crippen molar-refractivity contribution in [2.45, 2.75) is 32.3 Å². The third-order valence-corrected chi connectivity index (χ3v) is 2.19. The number of hydrogen-bond donors (Lipinski definition) is 2. The van der Waals surface area contributed by atoms with Crippen molar-refractivity contribution in [1.29, 1.82) is 0 Å². The van der Waals surface area contributed by atoms with Crippen LogP contribution in [0.15, 0.2) is 0 Å². The molecule has 1 unspecified atom stereocenters. The maximum absolute atomic E-state index is 9.08. The second-order valence-corrected chi connectivity index (χ2v) is 3.37. The molecule has 1 aliphatic carbocycles. The summed E-state index contributed by atoms with van der Waals surface area (Å²) in [6, 6.07) is 0. The summed E-state index contributed by atoms with van der Waals surface area (Å²) in [6.07, 6.45) is 2.42. The van der Waals surface area contributed by atoms with Gasteiger partial charge in [-0.1, -0.05) is 6.92 Å². The molecule has 0 radical (unpaired) electrons. The molecule has 1 aliphatic rings. The Morgan fingerprint density at radius 3 is 2.56 bits per heavy atom. The Labute approximate surface area is 55.5 Å². The van der Waals surface area contributed by atoms with E-state index in [2.05, 4.69) is 0 Å². The SMILES string of the molecule is CC1(CO)CC[C@H](O)C1. The highest BCUT2D eigenvalue weighted by Gasteiger charge is 2.33. The summed E-state index contributed by atoms with van der Waals surface area (Å²) in [4.78, 5) is 0. The van der Waals surface area contributed by atoms with Crippen molar-refractivity contribution < 1.29 is 10.2 Å². The van der Waals surface area contributed by atoms with E-state index in [9.17, 15) is 0 Å². The standard InChI is InChI=1S/C7H14O2/c1-7(5-8)3-2-6(9)4-7/h6,8-9H,2-5H2,1H3/t6-,7?/m0/s1. The second kappa shape index (κ2) is 2.27. The number of aliphatic hydroxyl groups excluding tert-OH is 2. The Hall–Kier alpha value is -0.0800. The Balaban J connectivity index is 2.45. The van der Waals surface area contributed by atoms with Crippen LogP contribution in [0, 0.1) is 5.41 Å². The normalized spacial score (nSPS) is 43.7. The Morgan fingerprint density at radius 2 is 2.33 bits per heavy atom. The molecule has 54 valence electrons. The minimum absolute atomic E-state index is 0.0133. The van der Waals surface area contributed by atoms with Gasteiger partial charge in [0.1, 0.15) is 0 Å². The van der Waals surface area contributed by atoms with E-state index < -0.39 is 0 Å². The van der Waals surface area contributed by atoms with E-state index in [1.165, 1.54) is 0 Å². The maximum Gasteiger partial charge on any atom is 0.0546 e. The van der Waals surface area contributed by atoms with Crippen LogP contribution < -0.4 is 0 Å². The molecule has 2 heteroatoms. The lowest BCUT2D eigenvalue weighted by molar-refractivity contribution is 0.117. The van der Waals surface area contributed by atoms with Crippen LogP contribution in [0.1, 0.15) is 26.2 Å². The molecule has 1 rings (SSSR count). The van der Waals surface area contributed by atoms with E-state index in [0.29, 0.717) is 0 Å². The van der Waals surface area contributed by atoms with Gasteiger partial charge in [0.2, 0.25) is 0 Å². The molecular formula is C7H14O2. The molecule has 2 atom stereocenters. The van der Waals surface area contributed by atoms with Gasteiger partial charge in [-0.05, 0) is 24.7 Å². The summed E-state index contributed by atoms with van der Waals surface area (Å²) in [5.74, 6) is 0. The van der Waals surface area contributed by atoms with Crippen molar-refractivity contribution >= 4 is 0 Å². The van der Waals surface area contributed by atoms with Crippen LogP contribution in [0.25, 0.3) is 0 Å². The van der Waals surface area contributed by atoms with Gasteiger partial charge in [-0.15, -0.1) is 0 Å². The molecule has 1 saturated carbocycles. The lowest BCUT2D eigenvalue weighted by Crippen LogP contribution is -2.17. The van der Waals surface area contributed by atoms with Gasteiger partial charge in [0.25, 0.3) is 0 Å². The van der Waals surface area contributed by atoms with E-state index in [1.807, 2.05) is 6.92 Å². The summed E-state index contributed by atoms with van der Waals surface area (Å²) >= 11 is 0. The number of rotatable bonds is 1. The second-order valence-electron chi connectivity index (χ2n) is 3.37. The Kier molecular flexibility index (Phi) is 1.78. The summed E-state index contributed by atoms with van der Waals surface area (Å²) in [5, 5.41) is 17.9. The molecule has 0 heterocycles. The highest BCUT2D eigenvalue weighted by Crippen LogP contribution is 2.36. The van der Waals surface area contributed by atoms with Crippen LogP contribution in [-0.4, -0.2) is 22.9 Å². The third kappa shape index (κ3) is 1.43. The summed E-state index contributed by atoms with van der Waals surface area (Å²) in [7, 11) is 0. The van der Waals surface area contributed by atoms with Crippen molar-refractivity contribution in [2.24, 2.45) is 5.41 Å². The van der Waals surface area contributed by atoms with E-state index in [0.717, 1.165) is 19.3 Å². The van der Waals surface area contributed by atoms with Gasteiger partial charge < -0.3 is 10.2 Å². The van der Waals surface area contributed by atoms with Gasteiger partial charge in [0.15, 0.2) is 0 Å². The molecule has 0 saturated heterocycles. The van der Waals surface area contributed by atoms with E-state index in [4.69, 9.17) is 10.2 Å².